The highest BCUT2D eigenvalue weighted by atomic mass is 19.1. The molecule has 0 radical (unpaired) electrons. The Morgan fingerprint density at radius 3 is 1.97 bits per heavy atom. The lowest BCUT2D eigenvalue weighted by Gasteiger charge is -2.38. The maximum Gasteiger partial charge on any atom is 0.183 e. The van der Waals surface area contributed by atoms with Crippen molar-refractivity contribution in [1.82, 2.24) is 0 Å². The minimum Gasteiger partial charge on any atom is -0.348 e. The van der Waals surface area contributed by atoms with E-state index in [9.17, 15) is 4.39 Å². The summed E-state index contributed by atoms with van der Waals surface area (Å²) >= 11 is 0. The van der Waals surface area contributed by atoms with Crippen molar-refractivity contribution in [3.8, 4) is 0 Å². The number of hydrogen-bond acceptors (Lipinski definition) is 2. The van der Waals surface area contributed by atoms with Crippen molar-refractivity contribution in [2.75, 3.05) is 13.2 Å². The van der Waals surface area contributed by atoms with Crippen molar-refractivity contribution in [3.05, 3.63) is 35.6 Å². The Hall–Kier alpha value is -0.930. The average Bonchev–Trinajstić information content (AvgIpc) is 2.77. The zero-order valence-corrected chi connectivity index (χ0v) is 18.4. The zero-order valence-electron chi connectivity index (χ0n) is 18.4. The van der Waals surface area contributed by atoms with Crippen molar-refractivity contribution in [2.45, 2.75) is 96.7 Å². The summed E-state index contributed by atoms with van der Waals surface area (Å²) in [5.74, 6) is 2.00. The van der Waals surface area contributed by atoms with Gasteiger partial charge in [-0.3, -0.25) is 0 Å². The molecule has 0 N–H and O–H groups in total. The topological polar surface area (TPSA) is 18.5 Å². The van der Waals surface area contributed by atoms with Crippen LogP contribution in [0.5, 0.6) is 0 Å². The predicted molar refractivity (Wildman–Crippen MR) is 117 cm³/mol. The average molecular weight is 405 g/mol. The van der Waals surface area contributed by atoms with Crippen LogP contribution in [0.3, 0.4) is 0 Å². The van der Waals surface area contributed by atoms with Gasteiger partial charge in [0.15, 0.2) is 6.29 Å². The van der Waals surface area contributed by atoms with Gasteiger partial charge in [-0.05, 0) is 36.8 Å². The molecule has 0 aromatic heterocycles. The van der Waals surface area contributed by atoms with E-state index >= 15 is 0 Å². The standard InChI is InChI=1S/C26H41FO2/c1-2-3-4-5-6-7-8-9-10-21-11-13-22(14-12-21)24-19-28-26(29-20-24)23-15-17-25(27)18-16-23/h15-18,21-22,24,26H,2-14,19-20H2,1H3. The summed E-state index contributed by atoms with van der Waals surface area (Å²) in [6.07, 6.45) is 17.9. The van der Waals surface area contributed by atoms with E-state index in [0.29, 0.717) is 5.92 Å². The number of halogens is 1. The molecular formula is C26H41FO2. The first-order valence-electron chi connectivity index (χ1n) is 12.2. The van der Waals surface area contributed by atoms with E-state index in [-0.39, 0.29) is 12.1 Å². The first kappa shape index (κ1) is 22.7. The van der Waals surface area contributed by atoms with E-state index in [1.165, 1.54) is 95.6 Å². The van der Waals surface area contributed by atoms with Gasteiger partial charge in [-0.1, -0.05) is 89.7 Å². The highest BCUT2D eigenvalue weighted by molar-refractivity contribution is 5.17. The first-order valence-corrected chi connectivity index (χ1v) is 12.2. The van der Waals surface area contributed by atoms with Gasteiger partial charge in [0.05, 0.1) is 13.2 Å². The molecule has 3 rings (SSSR count). The Labute approximate surface area is 177 Å². The quantitative estimate of drug-likeness (QED) is 0.350. The minimum absolute atomic E-state index is 0.217. The smallest absolute Gasteiger partial charge is 0.183 e. The molecule has 2 aliphatic rings. The minimum atomic E-state index is -0.329. The molecule has 1 aliphatic heterocycles. The number of benzene rings is 1. The lowest BCUT2D eigenvalue weighted by molar-refractivity contribution is -0.214. The summed E-state index contributed by atoms with van der Waals surface area (Å²) in [6, 6.07) is 6.47. The van der Waals surface area contributed by atoms with Crippen LogP contribution < -0.4 is 0 Å². The van der Waals surface area contributed by atoms with Crippen molar-refractivity contribution in [1.29, 1.82) is 0 Å². The van der Waals surface area contributed by atoms with Crippen LogP contribution in [0.4, 0.5) is 4.39 Å². The normalized spacial score (nSPS) is 27.8. The van der Waals surface area contributed by atoms with Crippen molar-refractivity contribution < 1.29 is 13.9 Å². The molecule has 1 aliphatic carbocycles. The third kappa shape index (κ3) is 7.68. The Morgan fingerprint density at radius 2 is 1.34 bits per heavy atom. The molecule has 0 amide bonds. The van der Waals surface area contributed by atoms with Crippen molar-refractivity contribution in [2.24, 2.45) is 17.8 Å². The van der Waals surface area contributed by atoms with Gasteiger partial charge in [-0.25, -0.2) is 4.39 Å². The molecule has 164 valence electrons. The van der Waals surface area contributed by atoms with Crippen LogP contribution in [0, 0.1) is 23.6 Å². The molecule has 0 atom stereocenters. The molecule has 1 saturated carbocycles. The molecule has 0 bridgehead atoms. The molecule has 2 fully saturated rings. The third-order valence-electron chi connectivity index (χ3n) is 7.09. The second kappa shape index (κ2) is 12.7. The highest BCUT2D eigenvalue weighted by Gasteiger charge is 2.32. The summed E-state index contributed by atoms with van der Waals surface area (Å²) in [6.45, 7) is 3.83. The predicted octanol–water partition coefficient (Wildman–Crippen LogP) is 7.82. The number of hydrogen-bond donors (Lipinski definition) is 0. The molecule has 2 nitrogen and oxygen atoms in total. The molecular weight excluding hydrogens is 363 g/mol. The van der Waals surface area contributed by atoms with E-state index in [1.54, 1.807) is 12.1 Å². The van der Waals surface area contributed by atoms with Crippen LogP contribution in [-0.2, 0) is 9.47 Å². The van der Waals surface area contributed by atoms with E-state index < -0.39 is 0 Å². The molecule has 29 heavy (non-hydrogen) atoms. The number of ether oxygens (including phenoxy) is 2. The maximum atomic E-state index is 13.1. The second-order valence-electron chi connectivity index (χ2n) is 9.35. The van der Waals surface area contributed by atoms with Crippen LogP contribution in [0.1, 0.15) is 102 Å². The van der Waals surface area contributed by atoms with Crippen LogP contribution in [0.15, 0.2) is 24.3 Å². The van der Waals surface area contributed by atoms with E-state index in [4.69, 9.17) is 9.47 Å². The highest BCUT2D eigenvalue weighted by Crippen LogP contribution is 2.38. The fourth-order valence-corrected chi connectivity index (χ4v) is 5.12. The zero-order chi connectivity index (χ0) is 20.3. The van der Waals surface area contributed by atoms with Crippen LogP contribution in [0.25, 0.3) is 0 Å². The van der Waals surface area contributed by atoms with Crippen LogP contribution >= 0.6 is 0 Å². The molecule has 0 spiro atoms. The van der Waals surface area contributed by atoms with E-state index in [1.807, 2.05) is 0 Å². The van der Waals surface area contributed by atoms with Gasteiger partial charge in [0.25, 0.3) is 0 Å². The van der Waals surface area contributed by atoms with Gasteiger partial charge in [0, 0.05) is 11.5 Å². The van der Waals surface area contributed by atoms with Gasteiger partial charge in [0.1, 0.15) is 5.82 Å². The van der Waals surface area contributed by atoms with Crippen LogP contribution in [-0.4, -0.2) is 13.2 Å². The Balaban J connectivity index is 1.25. The molecule has 1 aromatic rings. The Morgan fingerprint density at radius 1 is 0.759 bits per heavy atom. The lowest BCUT2D eigenvalue weighted by atomic mass is 9.74. The van der Waals surface area contributed by atoms with Crippen LogP contribution in [0.2, 0.25) is 0 Å². The first-order chi connectivity index (χ1) is 14.3. The summed E-state index contributed by atoms with van der Waals surface area (Å²) in [5, 5.41) is 0. The Kier molecular flexibility index (Phi) is 9.96. The second-order valence-corrected chi connectivity index (χ2v) is 9.35. The summed E-state index contributed by atoms with van der Waals surface area (Å²) < 4.78 is 25.0. The fourth-order valence-electron chi connectivity index (χ4n) is 5.12. The summed E-state index contributed by atoms with van der Waals surface area (Å²) in [7, 11) is 0. The molecule has 1 heterocycles. The molecule has 0 unspecified atom stereocenters. The fraction of sp³-hybridized carbons (Fsp3) is 0.769. The van der Waals surface area contributed by atoms with Gasteiger partial charge in [-0.2, -0.15) is 0 Å². The van der Waals surface area contributed by atoms with Gasteiger partial charge in [-0.15, -0.1) is 0 Å². The number of rotatable bonds is 11. The Bertz CT molecular complexity index is 542. The van der Waals surface area contributed by atoms with Crippen molar-refractivity contribution >= 4 is 0 Å². The number of unbranched alkanes of at least 4 members (excludes halogenated alkanes) is 7. The van der Waals surface area contributed by atoms with E-state index in [2.05, 4.69) is 6.92 Å². The molecule has 1 aromatic carbocycles. The monoisotopic (exact) mass is 404 g/mol. The van der Waals surface area contributed by atoms with Gasteiger partial charge in [0.2, 0.25) is 0 Å². The third-order valence-corrected chi connectivity index (χ3v) is 7.09. The molecule has 1 saturated heterocycles. The maximum absolute atomic E-state index is 13.1. The van der Waals surface area contributed by atoms with Gasteiger partial charge >= 0.3 is 0 Å². The lowest BCUT2D eigenvalue weighted by Crippen LogP contribution is -2.34. The SMILES string of the molecule is CCCCCCCCCCC1CCC(C2COC(c3ccc(F)cc3)OC2)CC1. The van der Waals surface area contributed by atoms with Gasteiger partial charge < -0.3 is 9.47 Å². The van der Waals surface area contributed by atoms with Crippen molar-refractivity contribution in [3.63, 3.8) is 0 Å². The summed E-state index contributed by atoms with van der Waals surface area (Å²) in [5.41, 5.74) is 0.916. The van der Waals surface area contributed by atoms with E-state index in [0.717, 1.165) is 30.6 Å². The summed E-state index contributed by atoms with van der Waals surface area (Å²) in [4.78, 5) is 0. The largest absolute Gasteiger partial charge is 0.348 e. The molecule has 3 heteroatoms.